The molecule has 0 aliphatic heterocycles. The van der Waals surface area contributed by atoms with Crippen LogP contribution < -0.4 is 5.32 Å². The van der Waals surface area contributed by atoms with Gasteiger partial charge in [-0.1, -0.05) is 36.9 Å². The molecule has 3 nitrogen and oxygen atoms in total. The Balaban J connectivity index is 1.98. The van der Waals surface area contributed by atoms with Crippen LogP contribution in [0.5, 0.6) is 0 Å². The van der Waals surface area contributed by atoms with Crippen LogP contribution in [-0.2, 0) is 0 Å². The normalized spacial score (nSPS) is 15.1. The van der Waals surface area contributed by atoms with Gasteiger partial charge in [0.15, 0.2) is 0 Å². The third-order valence-corrected chi connectivity index (χ3v) is 6.40. The first-order chi connectivity index (χ1) is 12.5. The van der Waals surface area contributed by atoms with Crippen LogP contribution in [0.4, 0.5) is 5.69 Å². The highest BCUT2D eigenvalue weighted by Gasteiger charge is 2.26. The molecule has 5 heteroatoms. The molecule has 0 spiro atoms. The van der Waals surface area contributed by atoms with Crippen molar-refractivity contribution in [2.75, 3.05) is 11.6 Å². The van der Waals surface area contributed by atoms with E-state index in [0.717, 1.165) is 40.4 Å². The molecule has 0 atom stereocenters. The summed E-state index contributed by atoms with van der Waals surface area (Å²) in [6.45, 7) is 3.85. The Bertz CT molecular complexity index is 816. The molecule has 0 bridgehead atoms. The van der Waals surface area contributed by atoms with Gasteiger partial charge in [0.2, 0.25) is 0 Å². The summed E-state index contributed by atoms with van der Waals surface area (Å²) in [6.07, 6.45) is 7.88. The number of aromatic nitrogens is 1. The zero-order chi connectivity index (χ0) is 18.7. The molecule has 1 aliphatic carbocycles. The number of hydrogen-bond acceptors (Lipinski definition) is 3. The van der Waals surface area contributed by atoms with E-state index in [2.05, 4.69) is 5.32 Å². The van der Waals surface area contributed by atoms with Gasteiger partial charge in [0.25, 0.3) is 5.91 Å². The average molecular weight is 389 g/mol. The van der Waals surface area contributed by atoms with Crippen LogP contribution in [0.15, 0.2) is 29.2 Å². The molecule has 0 saturated heterocycles. The summed E-state index contributed by atoms with van der Waals surface area (Å²) in [7, 11) is 0. The van der Waals surface area contributed by atoms with Gasteiger partial charge >= 0.3 is 0 Å². The molecule has 0 radical (unpaired) electrons. The lowest BCUT2D eigenvalue weighted by Crippen LogP contribution is -2.21. The number of halogens is 1. The van der Waals surface area contributed by atoms with E-state index in [1.807, 2.05) is 44.4 Å². The monoisotopic (exact) mass is 388 g/mol. The van der Waals surface area contributed by atoms with Crippen molar-refractivity contribution in [2.45, 2.75) is 56.8 Å². The number of hydrogen-bond donors (Lipinski definition) is 1. The molecule has 138 valence electrons. The maximum absolute atomic E-state index is 13.1. The zero-order valence-electron chi connectivity index (χ0n) is 15.6. The van der Waals surface area contributed by atoms with Gasteiger partial charge in [-0.3, -0.25) is 9.78 Å². The highest BCUT2D eigenvalue weighted by Crippen LogP contribution is 2.37. The topological polar surface area (TPSA) is 42.0 Å². The third kappa shape index (κ3) is 4.07. The Morgan fingerprint density at radius 3 is 2.65 bits per heavy atom. The van der Waals surface area contributed by atoms with Crippen molar-refractivity contribution in [3.8, 4) is 0 Å². The Kier molecular flexibility index (Phi) is 6.25. The van der Waals surface area contributed by atoms with Gasteiger partial charge in [0, 0.05) is 16.5 Å². The minimum Gasteiger partial charge on any atom is -0.322 e. The highest BCUT2D eigenvalue weighted by molar-refractivity contribution is 7.98. The van der Waals surface area contributed by atoms with Crippen LogP contribution in [-0.4, -0.2) is 17.1 Å². The Hall–Kier alpha value is -1.52. The summed E-state index contributed by atoms with van der Waals surface area (Å²) in [6, 6.07) is 7.89. The van der Waals surface area contributed by atoms with Crippen molar-refractivity contribution >= 4 is 35.0 Å². The molecule has 1 saturated carbocycles. The van der Waals surface area contributed by atoms with Gasteiger partial charge in [0.1, 0.15) is 0 Å². The summed E-state index contributed by atoms with van der Waals surface area (Å²) in [5.74, 6) is 0.229. The van der Waals surface area contributed by atoms with Crippen molar-refractivity contribution in [3.05, 3.63) is 51.8 Å². The van der Waals surface area contributed by atoms with Crippen LogP contribution in [0, 0.1) is 13.8 Å². The van der Waals surface area contributed by atoms with Crippen LogP contribution in [0.2, 0.25) is 5.02 Å². The molecule has 0 unspecified atom stereocenters. The van der Waals surface area contributed by atoms with E-state index in [1.54, 1.807) is 11.8 Å². The van der Waals surface area contributed by atoms with Crippen molar-refractivity contribution in [3.63, 3.8) is 0 Å². The predicted molar refractivity (Wildman–Crippen MR) is 111 cm³/mol. The molecule has 1 aliphatic rings. The van der Waals surface area contributed by atoms with Gasteiger partial charge in [0.05, 0.1) is 22.0 Å². The number of rotatable bonds is 4. The molecular weight excluding hydrogens is 364 g/mol. The molecule has 1 aromatic carbocycles. The summed E-state index contributed by atoms with van der Waals surface area (Å²) >= 11 is 8.10. The van der Waals surface area contributed by atoms with E-state index in [1.165, 1.54) is 19.3 Å². The third-order valence-electron chi connectivity index (χ3n) is 5.11. The lowest BCUT2D eigenvalue weighted by molar-refractivity contribution is 0.102. The van der Waals surface area contributed by atoms with Crippen LogP contribution in [0.3, 0.4) is 0 Å². The second-order valence-corrected chi connectivity index (χ2v) is 8.18. The van der Waals surface area contributed by atoms with Crippen molar-refractivity contribution in [2.24, 2.45) is 0 Å². The predicted octanol–water partition coefficient (Wildman–Crippen LogP) is 6.37. The van der Waals surface area contributed by atoms with Gasteiger partial charge in [-0.05, 0) is 56.7 Å². The fraction of sp³-hybridized carbons (Fsp3) is 0.429. The quantitative estimate of drug-likeness (QED) is 0.618. The van der Waals surface area contributed by atoms with E-state index in [-0.39, 0.29) is 5.91 Å². The number of nitrogens with one attached hydrogen (secondary N) is 1. The molecule has 2 aromatic rings. The van der Waals surface area contributed by atoms with Gasteiger partial charge in [-0.25, -0.2) is 0 Å². The minimum absolute atomic E-state index is 0.115. The van der Waals surface area contributed by atoms with Gasteiger partial charge < -0.3 is 5.32 Å². The second-order valence-electron chi connectivity index (χ2n) is 6.92. The summed E-state index contributed by atoms with van der Waals surface area (Å²) in [5, 5.41) is 3.64. The number of pyridine rings is 1. The molecular formula is C21H25ClN2OS. The first-order valence-corrected chi connectivity index (χ1v) is 10.7. The van der Waals surface area contributed by atoms with Gasteiger partial charge in [-0.2, -0.15) is 0 Å². The van der Waals surface area contributed by atoms with E-state index < -0.39 is 0 Å². The molecule has 1 fully saturated rings. The Labute approximate surface area is 164 Å². The fourth-order valence-electron chi connectivity index (χ4n) is 3.71. The lowest BCUT2D eigenvalue weighted by Gasteiger charge is -2.25. The van der Waals surface area contributed by atoms with E-state index >= 15 is 0 Å². The Morgan fingerprint density at radius 1 is 1.23 bits per heavy atom. The number of anilines is 1. The molecule has 1 aromatic heterocycles. The zero-order valence-corrected chi connectivity index (χ0v) is 17.1. The van der Waals surface area contributed by atoms with E-state index in [4.69, 9.17) is 16.6 Å². The molecule has 3 rings (SSSR count). The number of nitrogens with zero attached hydrogens (tertiary/aromatic N) is 1. The second kappa shape index (κ2) is 8.45. The molecule has 1 amide bonds. The summed E-state index contributed by atoms with van der Waals surface area (Å²) in [5.41, 5.74) is 4.01. The number of amides is 1. The average Bonchev–Trinajstić information content (AvgIpc) is 2.66. The van der Waals surface area contributed by atoms with E-state index in [9.17, 15) is 4.79 Å². The number of thioether (sulfide) groups is 1. The molecule has 1 heterocycles. The first-order valence-electron chi connectivity index (χ1n) is 9.13. The number of carbonyl (C=O) groups excluding carboxylic acids is 1. The maximum Gasteiger partial charge on any atom is 0.257 e. The fourth-order valence-corrected chi connectivity index (χ4v) is 4.31. The summed E-state index contributed by atoms with van der Waals surface area (Å²) < 4.78 is 0. The summed E-state index contributed by atoms with van der Waals surface area (Å²) in [4.78, 5) is 19.0. The number of aryl methyl sites for hydroxylation is 1. The number of carbonyl (C=O) groups is 1. The highest BCUT2D eigenvalue weighted by atomic mass is 35.5. The van der Waals surface area contributed by atoms with Crippen LogP contribution in [0.1, 0.15) is 65.3 Å². The number of benzene rings is 1. The minimum atomic E-state index is -0.115. The molecule has 1 N–H and O–H groups in total. The Morgan fingerprint density at radius 2 is 1.96 bits per heavy atom. The standard InChI is InChI=1S/C21H25ClN2OS/c1-13-18(21(25)24-16-10-7-11-17(12-16)26-3)20(23-14(2)19(13)22)15-8-5-4-6-9-15/h7,10-12,15H,4-6,8-9H2,1-3H3,(H,24,25). The van der Waals surface area contributed by atoms with E-state index in [0.29, 0.717) is 16.5 Å². The lowest BCUT2D eigenvalue weighted by atomic mass is 9.83. The first kappa shape index (κ1) is 19.2. The van der Waals surface area contributed by atoms with Crippen LogP contribution >= 0.6 is 23.4 Å². The van der Waals surface area contributed by atoms with Crippen molar-refractivity contribution < 1.29 is 4.79 Å². The largest absolute Gasteiger partial charge is 0.322 e. The van der Waals surface area contributed by atoms with Crippen molar-refractivity contribution in [1.82, 2.24) is 4.98 Å². The molecule has 26 heavy (non-hydrogen) atoms. The smallest absolute Gasteiger partial charge is 0.257 e. The van der Waals surface area contributed by atoms with Crippen molar-refractivity contribution in [1.29, 1.82) is 0 Å². The van der Waals surface area contributed by atoms with Crippen LogP contribution in [0.25, 0.3) is 0 Å². The van der Waals surface area contributed by atoms with Gasteiger partial charge in [-0.15, -0.1) is 11.8 Å². The SMILES string of the molecule is CSc1cccc(NC(=O)c2c(C3CCCCC3)nc(C)c(Cl)c2C)c1. The maximum atomic E-state index is 13.1.